The molecule has 0 radical (unpaired) electrons. The Bertz CT molecular complexity index is 1010. The summed E-state index contributed by atoms with van der Waals surface area (Å²) in [6.07, 6.45) is 1.49. The zero-order valence-corrected chi connectivity index (χ0v) is 20.4. The van der Waals surface area contributed by atoms with Crippen molar-refractivity contribution < 1.29 is 18.8 Å². The molecule has 188 valence electrons. The molecule has 35 heavy (non-hydrogen) atoms. The summed E-state index contributed by atoms with van der Waals surface area (Å²) in [5, 5.41) is 5.59. The van der Waals surface area contributed by atoms with Crippen LogP contribution >= 0.6 is 0 Å². The minimum absolute atomic E-state index is 0.0499. The molecule has 0 aliphatic carbocycles. The molecule has 3 amide bonds. The van der Waals surface area contributed by atoms with Crippen molar-refractivity contribution in [3.63, 3.8) is 0 Å². The maximum Gasteiger partial charge on any atom is 0.243 e. The van der Waals surface area contributed by atoms with Gasteiger partial charge in [-0.3, -0.25) is 14.4 Å². The van der Waals surface area contributed by atoms with Crippen molar-refractivity contribution in [3.8, 4) is 0 Å². The number of nitrogens with two attached hydrogens (primary N) is 1. The predicted molar refractivity (Wildman–Crippen MR) is 132 cm³/mol. The Kier molecular flexibility index (Phi) is 9.37. The maximum atomic E-state index is 13.8. The molecular formula is C27H35FN4O3. The van der Waals surface area contributed by atoms with Crippen LogP contribution in [0, 0.1) is 17.7 Å². The standard InChI is InChI=1S/C27H35FN4O3/c1-18(2)24(26(34)30-17-21-10-6-7-11-22(21)28)31-25(33)20-12-14-32(15-13-20)27(35)23(29)16-19-8-4-3-5-9-19/h3-11,18,20,23-24H,12-17,29H2,1-2H3,(H,30,34)(H,31,33). The third-order valence-electron chi connectivity index (χ3n) is 6.45. The molecule has 7 nitrogen and oxygen atoms in total. The van der Waals surface area contributed by atoms with Crippen LogP contribution in [-0.2, 0) is 27.3 Å². The summed E-state index contributed by atoms with van der Waals surface area (Å²) in [6.45, 7) is 4.65. The highest BCUT2D eigenvalue weighted by molar-refractivity contribution is 5.89. The molecule has 1 aliphatic rings. The van der Waals surface area contributed by atoms with Crippen molar-refractivity contribution in [1.29, 1.82) is 0 Å². The second kappa shape index (κ2) is 12.4. The van der Waals surface area contributed by atoms with Gasteiger partial charge in [-0.15, -0.1) is 0 Å². The molecule has 2 aromatic carbocycles. The van der Waals surface area contributed by atoms with E-state index in [0.29, 0.717) is 37.9 Å². The van der Waals surface area contributed by atoms with Crippen LogP contribution in [-0.4, -0.2) is 47.8 Å². The topological polar surface area (TPSA) is 105 Å². The number of rotatable bonds is 9. The Morgan fingerprint density at radius 2 is 1.66 bits per heavy atom. The minimum atomic E-state index is -0.728. The van der Waals surface area contributed by atoms with E-state index in [0.717, 1.165) is 5.56 Å². The first-order chi connectivity index (χ1) is 16.8. The SMILES string of the molecule is CC(C)C(NC(=O)C1CCN(C(=O)C(N)Cc2ccccc2)CC1)C(=O)NCc1ccccc1F. The average Bonchev–Trinajstić information content (AvgIpc) is 2.86. The molecule has 0 bridgehead atoms. The highest BCUT2D eigenvalue weighted by Gasteiger charge is 2.32. The third-order valence-corrected chi connectivity index (χ3v) is 6.45. The number of amides is 3. The highest BCUT2D eigenvalue weighted by atomic mass is 19.1. The molecule has 2 aromatic rings. The van der Waals surface area contributed by atoms with Gasteiger partial charge in [-0.1, -0.05) is 62.4 Å². The quantitative estimate of drug-likeness (QED) is 0.510. The van der Waals surface area contributed by atoms with Gasteiger partial charge in [0.15, 0.2) is 0 Å². The Labute approximate surface area is 206 Å². The van der Waals surface area contributed by atoms with Gasteiger partial charge in [-0.2, -0.15) is 0 Å². The van der Waals surface area contributed by atoms with Crippen molar-refractivity contribution >= 4 is 17.7 Å². The zero-order chi connectivity index (χ0) is 25.4. The fraction of sp³-hybridized carbons (Fsp3) is 0.444. The van der Waals surface area contributed by atoms with E-state index in [4.69, 9.17) is 5.73 Å². The summed E-state index contributed by atoms with van der Waals surface area (Å²) in [6, 6.07) is 14.5. The largest absolute Gasteiger partial charge is 0.350 e. The molecule has 1 saturated heterocycles. The van der Waals surface area contributed by atoms with Crippen LogP contribution in [0.3, 0.4) is 0 Å². The first kappa shape index (κ1) is 26.3. The lowest BCUT2D eigenvalue weighted by atomic mass is 9.93. The van der Waals surface area contributed by atoms with Gasteiger partial charge in [0.2, 0.25) is 17.7 Å². The van der Waals surface area contributed by atoms with Crippen LogP contribution in [0.15, 0.2) is 54.6 Å². The summed E-state index contributed by atoms with van der Waals surface area (Å²) < 4.78 is 13.8. The van der Waals surface area contributed by atoms with Crippen molar-refractivity contribution in [2.45, 2.75) is 51.7 Å². The molecule has 0 aromatic heterocycles. The van der Waals surface area contributed by atoms with E-state index in [1.807, 2.05) is 44.2 Å². The fourth-order valence-electron chi connectivity index (χ4n) is 4.29. The van der Waals surface area contributed by atoms with Crippen LogP contribution in [0.1, 0.15) is 37.8 Å². The van der Waals surface area contributed by atoms with Crippen LogP contribution in [0.4, 0.5) is 4.39 Å². The molecule has 1 aliphatic heterocycles. The second-order valence-corrected chi connectivity index (χ2v) is 9.44. The minimum Gasteiger partial charge on any atom is -0.350 e. The highest BCUT2D eigenvalue weighted by Crippen LogP contribution is 2.19. The maximum absolute atomic E-state index is 13.8. The number of hydrogen-bond acceptors (Lipinski definition) is 4. The summed E-state index contributed by atoms with van der Waals surface area (Å²) in [7, 11) is 0. The molecule has 0 saturated carbocycles. The second-order valence-electron chi connectivity index (χ2n) is 9.44. The molecule has 3 rings (SSSR count). The van der Waals surface area contributed by atoms with E-state index in [9.17, 15) is 18.8 Å². The normalized spacial score (nSPS) is 16.0. The van der Waals surface area contributed by atoms with E-state index in [2.05, 4.69) is 10.6 Å². The molecule has 1 heterocycles. The van der Waals surface area contributed by atoms with E-state index < -0.39 is 12.1 Å². The van der Waals surface area contributed by atoms with Crippen LogP contribution < -0.4 is 16.4 Å². The van der Waals surface area contributed by atoms with Gasteiger partial charge in [0.05, 0.1) is 6.04 Å². The summed E-state index contributed by atoms with van der Waals surface area (Å²) in [5.41, 5.74) is 7.54. The molecule has 1 fully saturated rings. The lowest BCUT2D eigenvalue weighted by molar-refractivity contribution is -0.137. The van der Waals surface area contributed by atoms with Gasteiger partial charge in [0.25, 0.3) is 0 Å². The Hall–Kier alpha value is -3.26. The Morgan fingerprint density at radius 3 is 2.29 bits per heavy atom. The van der Waals surface area contributed by atoms with E-state index in [1.165, 1.54) is 6.07 Å². The number of carbonyl (C=O) groups is 3. The molecule has 8 heteroatoms. The van der Waals surface area contributed by atoms with Gasteiger partial charge in [0.1, 0.15) is 11.9 Å². The van der Waals surface area contributed by atoms with Crippen molar-refractivity contribution in [2.75, 3.05) is 13.1 Å². The number of nitrogens with zero attached hydrogens (tertiary/aromatic N) is 1. The van der Waals surface area contributed by atoms with Gasteiger partial charge in [-0.25, -0.2) is 4.39 Å². The van der Waals surface area contributed by atoms with E-state index in [-0.39, 0.29) is 41.9 Å². The smallest absolute Gasteiger partial charge is 0.243 e. The number of likely N-dealkylation sites (tertiary alicyclic amines) is 1. The number of piperidine rings is 1. The number of nitrogens with one attached hydrogen (secondary N) is 2. The van der Waals surface area contributed by atoms with Crippen LogP contribution in [0.2, 0.25) is 0 Å². The lowest BCUT2D eigenvalue weighted by Crippen LogP contribution is -2.53. The Balaban J connectivity index is 1.48. The van der Waals surface area contributed by atoms with E-state index >= 15 is 0 Å². The van der Waals surface area contributed by atoms with Gasteiger partial charge >= 0.3 is 0 Å². The van der Waals surface area contributed by atoms with Crippen molar-refractivity contribution in [2.24, 2.45) is 17.6 Å². The zero-order valence-electron chi connectivity index (χ0n) is 20.4. The summed E-state index contributed by atoms with van der Waals surface area (Å²) in [5.74, 6) is -1.48. The first-order valence-electron chi connectivity index (χ1n) is 12.2. The summed E-state index contributed by atoms with van der Waals surface area (Å²) >= 11 is 0. The van der Waals surface area contributed by atoms with E-state index in [1.54, 1.807) is 23.1 Å². The van der Waals surface area contributed by atoms with Gasteiger partial charge < -0.3 is 21.3 Å². The monoisotopic (exact) mass is 482 g/mol. The predicted octanol–water partition coefficient (Wildman–Crippen LogP) is 2.39. The first-order valence-corrected chi connectivity index (χ1v) is 12.2. The fourth-order valence-corrected chi connectivity index (χ4v) is 4.29. The molecule has 2 unspecified atom stereocenters. The van der Waals surface area contributed by atoms with Gasteiger partial charge in [0, 0.05) is 31.1 Å². The number of hydrogen-bond donors (Lipinski definition) is 3. The molecule has 0 spiro atoms. The molecule has 4 N–H and O–H groups in total. The van der Waals surface area contributed by atoms with Crippen molar-refractivity contribution in [3.05, 3.63) is 71.5 Å². The Morgan fingerprint density at radius 1 is 1.03 bits per heavy atom. The number of halogens is 1. The molecular weight excluding hydrogens is 447 g/mol. The van der Waals surface area contributed by atoms with Crippen LogP contribution in [0.25, 0.3) is 0 Å². The lowest BCUT2D eigenvalue weighted by Gasteiger charge is -2.34. The number of benzene rings is 2. The van der Waals surface area contributed by atoms with Gasteiger partial charge in [-0.05, 0) is 36.8 Å². The molecule has 2 atom stereocenters. The number of carbonyl (C=O) groups excluding carboxylic acids is 3. The van der Waals surface area contributed by atoms with Crippen molar-refractivity contribution in [1.82, 2.24) is 15.5 Å². The average molecular weight is 483 g/mol. The third kappa shape index (κ3) is 7.36. The summed E-state index contributed by atoms with van der Waals surface area (Å²) in [4.78, 5) is 40.1. The van der Waals surface area contributed by atoms with Crippen LogP contribution in [0.5, 0.6) is 0 Å².